The fourth-order valence-corrected chi connectivity index (χ4v) is 6.50. The van der Waals surface area contributed by atoms with Crippen molar-refractivity contribution in [3.05, 3.63) is 45.5 Å². The van der Waals surface area contributed by atoms with Crippen LogP contribution in [0.4, 0.5) is 0 Å². The van der Waals surface area contributed by atoms with E-state index in [1.54, 1.807) is 10.6 Å². The maximum absolute atomic E-state index is 13.6. The summed E-state index contributed by atoms with van der Waals surface area (Å²) in [4.78, 5) is 25.8. The summed E-state index contributed by atoms with van der Waals surface area (Å²) in [7, 11) is -1.98. The van der Waals surface area contributed by atoms with Crippen LogP contribution < -0.4 is 10.3 Å². The number of rotatable bonds is 11. The molecule has 0 spiro atoms. The monoisotopic (exact) mass is 545 g/mol. The number of nitrogens with zero attached hydrogens (tertiary/aromatic N) is 4. The lowest BCUT2D eigenvalue weighted by molar-refractivity contribution is -0.736. The molecule has 11 nitrogen and oxygen atoms in total. The third kappa shape index (κ3) is 5.70. The van der Waals surface area contributed by atoms with Crippen LogP contribution in [0.5, 0.6) is 5.75 Å². The van der Waals surface area contributed by atoms with E-state index >= 15 is 0 Å². The van der Waals surface area contributed by atoms with Crippen molar-refractivity contribution >= 4 is 27.8 Å². The van der Waals surface area contributed by atoms with Crippen LogP contribution in [0.25, 0.3) is 22.4 Å². The van der Waals surface area contributed by atoms with Crippen molar-refractivity contribution in [1.29, 1.82) is 0 Å². The number of benzene rings is 1. The van der Waals surface area contributed by atoms with Gasteiger partial charge >= 0.3 is 0 Å². The summed E-state index contributed by atoms with van der Waals surface area (Å²) in [6.07, 6.45) is 5.58. The summed E-state index contributed by atoms with van der Waals surface area (Å²) in [5, 5.41) is 10.8. The van der Waals surface area contributed by atoms with Crippen molar-refractivity contribution in [3.63, 3.8) is 0 Å². The van der Waals surface area contributed by atoms with Gasteiger partial charge in [-0.3, -0.25) is 10.0 Å². The molecule has 3 heterocycles. The van der Waals surface area contributed by atoms with Crippen molar-refractivity contribution in [2.24, 2.45) is 13.0 Å². The molecule has 1 N–H and O–H groups in total. The van der Waals surface area contributed by atoms with Gasteiger partial charge < -0.3 is 19.1 Å². The Kier molecular flexibility index (Phi) is 8.41. The van der Waals surface area contributed by atoms with Gasteiger partial charge in [-0.15, -0.1) is 0 Å². The van der Waals surface area contributed by atoms with E-state index in [2.05, 4.69) is 18.6 Å². The molecule has 0 saturated carbocycles. The van der Waals surface area contributed by atoms with Gasteiger partial charge in [0, 0.05) is 31.2 Å². The molecule has 1 aromatic carbocycles. The predicted octanol–water partition coefficient (Wildman–Crippen LogP) is 3.21. The van der Waals surface area contributed by atoms with Crippen LogP contribution in [-0.4, -0.2) is 65.2 Å². The van der Waals surface area contributed by atoms with Gasteiger partial charge in [-0.05, 0) is 62.3 Å². The first-order valence-electron chi connectivity index (χ1n) is 12.9. The van der Waals surface area contributed by atoms with Gasteiger partial charge in [0.15, 0.2) is 6.72 Å². The van der Waals surface area contributed by atoms with Gasteiger partial charge in [0.25, 0.3) is 5.56 Å². The Morgan fingerprint density at radius 1 is 1.26 bits per heavy atom. The largest absolute Gasteiger partial charge is 0.493 e. The molecule has 3 aromatic rings. The van der Waals surface area contributed by atoms with Gasteiger partial charge in [-0.25, -0.2) is 13.4 Å². The van der Waals surface area contributed by atoms with Crippen molar-refractivity contribution in [2.45, 2.75) is 50.8 Å². The molecule has 1 aliphatic rings. The van der Waals surface area contributed by atoms with E-state index in [0.717, 1.165) is 18.4 Å². The Morgan fingerprint density at radius 3 is 2.66 bits per heavy atom. The predicted molar refractivity (Wildman–Crippen MR) is 145 cm³/mol. The lowest BCUT2D eigenvalue weighted by Gasteiger charge is -2.31. The van der Waals surface area contributed by atoms with E-state index < -0.39 is 10.0 Å². The number of piperidine rings is 1. The molecule has 38 heavy (non-hydrogen) atoms. The minimum atomic E-state index is -3.79. The van der Waals surface area contributed by atoms with Crippen molar-refractivity contribution in [2.75, 3.05) is 26.3 Å². The molecule has 12 heteroatoms. The van der Waals surface area contributed by atoms with E-state index in [1.165, 1.54) is 16.4 Å². The molecule has 0 radical (unpaired) electrons. The van der Waals surface area contributed by atoms with Crippen LogP contribution in [-0.2, 0) is 28.3 Å². The molecule has 1 fully saturated rings. The smallest absolute Gasteiger partial charge is 0.275 e. The first kappa shape index (κ1) is 27.6. The van der Waals surface area contributed by atoms with Gasteiger partial charge in [0.05, 0.1) is 29.2 Å². The normalized spacial score (nSPS) is 15.1. The molecular formula is C26H35N5O6S. The fourth-order valence-electron chi connectivity index (χ4n) is 5.00. The van der Waals surface area contributed by atoms with Crippen LogP contribution in [0.1, 0.15) is 45.1 Å². The Hall–Kier alpha value is -3.38. The summed E-state index contributed by atoms with van der Waals surface area (Å²) >= 11 is 0. The topological polar surface area (TPSA) is 133 Å². The summed E-state index contributed by atoms with van der Waals surface area (Å²) < 4.78 is 36.2. The quantitative estimate of drug-likeness (QED) is 0.222. The van der Waals surface area contributed by atoms with Crippen LogP contribution in [0.2, 0.25) is 0 Å². The minimum Gasteiger partial charge on any atom is -0.493 e. The first-order chi connectivity index (χ1) is 18.1. The van der Waals surface area contributed by atoms with Gasteiger partial charge in [-0.1, -0.05) is 13.3 Å². The number of hydrogen-bond donors (Lipinski definition) is 1. The zero-order valence-electron chi connectivity index (χ0n) is 22.1. The first-order valence-corrected chi connectivity index (χ1v) is 14.4. The maximum atomic E-state index is 13.6. The second-order valence-electron chi connectivity index (χ2n) is 9.52. The highest BCUT2D eigenvalue weighted by molar-refractivity contribution is 7.89. The van der Waals surface area contributed by atoms with E-state index in [-0.39, 0.29) is 33.7 Å². The number of fused-ring (bicyclic) bond motifs is 1. The SMILES string of the molecule is C=[N+]([O-])OCCC1CCN(S(=O)(=O)c2ccc(OCC)c(-c3nc4c(CCC)cn(C)c4c(=O)[nH]3)c2)CC1. The van der Waals surface area contributed by atoms with Crippen LogP contribution in [0.15, 0.2) is 34.1 Å². The third-order valence-electron chi connectivity index (χ3n) is 6.90. The van der Waals surface area contributed by atoms with Gasteiger partial charge in [0.1, 0.15) is 17.1 Å². The summed E-state index contributed by atoms with van der Waals surface area (Å²) in [5.74, 6) is 0.975. The Balaban J connectivity index is 1.66. The lowest BCUT2D eigenvalue weighted by atomic mass is 9.95. The fraction of sp³-hybridized carbons (Fsp3) is 0.500. The Morgan fingerprint density at radius 2 is 2.00 bits per heavy atom. The Bertz CT molecular complexity index is 1470. The van der Waals surface area contributed by atoms with Gasteiger partial charge in [0.2, 0.25) is 10.0 Å². The number of sulfonamides is 1. The number of aryl methyl sites for hydroxylation is 2. The van der Waals surface area contributed by atoms with E-state index in [0.29, 0.717) is 61.3 Å². The molecule has 1 saturated heterocycles. The summed E-state index contributed by atoms with van der Waals surface area (Å²) in [6.45, 7) is 8.37. The van der Waals surface area contributed by atoms with Gasteiger partial charge in [-0.2, -0.15) is 4.31 Å². The number of hydrogen-bond acceptors (Lipinski definition) is 7. The molecule has 0 amide bonds. The summed E-state index contributed by atoms with van der Waals surface area (Å²) in [5.41, 5.74) is 2.17. The molecule has 4 rings (SSSR count). The molecule has 0 aliphatic carbocycles. The zero-order chi connectivity index (χ0) is 27.4. The van der Waals surface area contributed by atoms with E-state index in [1.807, 2.05) is 20.2 Å². The molecule has 0 atom stereocenters. The van der Waals surface area contributed by atoms with Crippen LogP contribution in [0.3, 0.4) is 0 Å². The number of H-pyrrole nitrogens is 1. The number of nitrogens with one attached hydrogen (secondary N) is 1. The molecule has 1 aliphatic heterocycles. The molecular weight excluding hydrogens is 510 g/mol. The molecule has 0 unspecified atom stereocenters. The number of aromatic nitrogens is 3. The van der Waals surface area contributed by atoms with Crippen LogP contribution >= 0.6 is 0 Å². The highest BCUT2D eigenvalue weighted by atomic mass is 32.2. The maximum Gasteiger partial charge on any atom is 0.275 e. The van der Waals surface area contributed by atoms with Crippen LogP contribution in [0, 0.1) is 11.1 Å². The van der Waals surface area contributed by atoms with Crippen molar-refractivity contribution in [1.82, 2.24) is 18.8 Å². The highest BCUT2D eigenvalue weighted by Gasteiger charge is 2.30. The Labute approximate surface area is 222 Å². The lowest BCUT2D eigenvalue weighted by Crippen LogP contribution is -2.38. The van der Waals surface area contributed by atoms with E-state index in [4.69, 9.17) is 14.6 Å². The molecule has 2 aromatic heterocycles. The van der Waals surface area contributed by atoms with E-state index in [9.17, 15) is 18.4 Å². The second-order valence-corrected chi connectivity index (χ2v) is 11.5. The number of ether oxygens (including phenoxy) is 1. The summed E-state index contributed by atoms with van der Waals surface area (Å²) in [6, 6.07) is 4.68. The highest BCUT2D eigenvalue weighted by Crippen LogP contribution is 2.33. The minimum absolute atomic E-state index is 0.112. The third-order valence-corrected chi connectivity index (χ3v) is 8.79. The second kappa shape index (κ2) is 11.6. The zero-order valence-corrected chi connectivity index (χ0v) is 22.9. The van der Waals surface area contributed by atoms with Crippen molar-refractivity contribution < 1.29 is 22.9 Å². The molecule has 206 valence electrons. The average Bonchev–Trinajstić information content (AvgIpc) is 3.20. The standard InChI is InChI=1S/C26H35N5O6S/c1-5-7-19-17-29(3)24-23(19)27-25(28-26(24)32)21-16-20(8-9-22(21)36-6-2)38(34,35)31-13-10-18(11-14-31)12-15-37-30(4)33/h8-9,16-18H,4-7,10-15H2,1-3H3,(H,27,28,32). The molecule has 0 bridgehead atoms. The number of aromatic amines is 1. The van der Waals surface area contributed by atoms with Crippen molar-refractivity contribution in [3.8, 4) is 17.1 Å². The average molecular weight is 546 g/mol.